The van der Waals surface area contributed by atoms with Gasteiger partial charge in [0.2, 0.25) is 11.7 Å². The zero-order chi connectivity index (χ0) is 16.4. The molecule has 7 heteroatoms. The summed E-state index contributed by atoms with van der Waals surface area (Å²) in [4.78, 5) is 13.6. The van der Waals surface area contributed by atoms with E-state index in [1.807, 2.05) is 36.4 Å². The molecule has 0 saturated heterocycles. The highest BCUT2D eigenvalue weighted by Gasteiger charge is 2.24. The van der Waals surface area contributed by atoms with Crippen molar-refractivity contribution in [1.29, 1.82) is 0 Å². The number of carbonyl (C=O) groups excluding carboxylic acids is 1. The van der Waals surface area contributed by atoms with Crippen molar-refractivity contribution in [1.82, 2.24) is 25.5 Å². The lowest BCUT2D eigenvalue weighted by Crippen LogP contribution is -2.33. The van der Waals surface area contributed by atoms with Gasteiger partial charge in [0, 0.05) is 17.5 Å². The fourth-order valence-corrected chi connectivity index (χ4v) is 3.02. The van der Waals surface area contributed by atoms with Crippen molar-refractivity contribution in [2.45, 2.75) is 31.8 Å². The fourth-order valence-electron chi connectivity index (χ4n) is 3.02. The second kappa shape index (κ2) is 6.27. The minimum atomic E-state index is -0.133. The summed E-state index contributed by atoms with van der Waals surface area (Å²) in [6, 6.07) is 11.5. The average molecular weight is 323 g/mol. The molecule has 122 valence electrons. The van der Waals surface area contributed by atoms with Crippen LogP contribution in [0.1, 0.15) is 30.2 Å². The van der Waals surface area contributed by atoms with Crippen LogP contribution in [0.5, 0.6) is 0 Å². The molecule has 4 rings (SSSR count). The molecule has 24 heavy (non-hydrogen) atoms. The summed E-state index contributed by atoms with van der Waals surface area (Å²) in [5, 5.41) is 15.3. The zero-order valence-electron chi connectivity index (χ0n) is 13.1. The minimum absolute atomic E-state index is 0.00267. The molecule has 0 aliphatic heterocycles. The van der Waals surface area contributed by atoms with Gasteiger partial charge >= 0.3 is 0 Å². The first-order valence-corrected chi connectivity index (χ1v) is 7.98. The molecule has 1 atom stereocenters. The number of tetrazole rings is 1. The van der Waals surface area contributed by atoms with E-state index >= 15 is 0 Å². The van der Waals surface area contributed by atoms with Gasteiger partial charge in [-0.15, -0.1) is 10.2 Å². The van der Waals surface area contributed by atoms with Crippen molar-refractivity contribution < 1.29 is 9.21 Å². The summed E-state index contributed by atoms with van der Waals surface area (Å²) in [6.07, 6.45) is 4.53. The third-order valence-electron chi connectivity index (χ3n) is 4.16. The number of benzene rings is 1. The minimum Gasteiger partial charge on any atom is -0.469 e. The summed E-state index contributed by atoms with van der Waals surface area (Å²) in [6.45, 7) is 0.0452. The highest BCUT2D eigenvalue weighted by Crippen LogP contribution is 2.30. The number of carbonyl (C=O) groups is 1. The Bertz CT molecular complexity index is 840. The van der Waals surface area contributed by atoms with Crippen LogP contribution < -0.4 is 5.32 Å². The van der Waals surface area contributed by atoms with Crippen LogP contribution in [0.2, 0.25) is 0 Å². The Morgan fingerprint density at radius 1 is 1.29 bits per heavy atom. The monoisotopic (exact) mass is 323 g/mol. The maximum absolute atomic E-state index is 12.3. The second-order valence-electron chi connectivity index (χ2n) is 5.82. The maximum Gasteiger partial charge on any atom is 0.244 e. The molecule has 0 fully saturated rings. The number of fused-ring (bicyclic) bond motifs is 1. The topological polar surface area (TPSA) is 85.8 Å². The Morgan fingerprint density at radius 3 is 3.04 bits per heavy atom. The molecule has 0 radical (unpaired) electrons. The molecule has 0 saturated carbocycles. The van der Waals surface area contributed by atoms with Crippen LogP contribution in [-0.2, 0) is 17.8 Å². The molecule has 1 amide bonds. The number of nitrogens with one attached hydrogen (secondary N) is 1. The first-order valence-electron chi connectivity index (χ1n) is 7.98. The van der Waals surface area contributed by atoms with Crippen LogP contribution >= 0.6 is 0 Å². The lowest BCUT2D eigenvalue weighted by Gasteiger charge is -2.22. The molecule has 1 N–H and O–H groups in total. The first-order chi connectivity index (χ1) is 11.8. The van der Waals surface area contributed by atoms with Crippen molar-refractivity contribution in [3.05, 3.63) is 54.0 Å². The van der Waals surface area contributed by atoms with Gasteiger partial charge in [-0.2, -0.15) is 4.80 Å². The first kappa shape index (κ1) is 14.6. The SMILES string of the molecule is O=C(Cn1nnc(-c2ccccc2)n1)NC1CCCc2occc21. The Kier molecular flexibility index (Phi) is 3.82. The van der Waals surface area contributed by atoms with Crippen molar-refractivity contribution in [2.75, 3.05) is 0 Å². The Labute approximate surface area is 138 Å². The number of aryl methyl sites for hydroxylation is 1. The van der Waals surface area contributed by atoms with Crippen molar-refractivity contribution in [2.24, 2.45) is 0 Å². The van der Waals surface area contributed by atoms with E-state index in [0.717, 1.165) is 36.1 Å². The number of rotatable bonds is 4. The molecule has 7 nitrogen and oxygen atoms in total. The fraction of sp³-hybridized carbons (Fsp3) is 0.294. The van der Waals surface area contributed by atoms with E-state index in [-0.39, 0.29) is 18.5 Å². The van der Waals surface area contributed by atoms with Gasteiger partial charge in [-0.25, -0.2) is 0 Å². The molecule has 2 heterocycles. The molecular weight excluding hydrogens is 306 g/mol. The van der Waals surface area contributed by atoms with Gasteiger partial charge in [-0.05, 0) is 24.1 Å². The molecular formula is C17H17N5O2. The van der Waals surface area contributed by atoms with E-state index in [0.29, 0.717) is 5.82 Å². The Balaban J connectivity index is 1.42. The molecule has 3 aromatic rings. The van der Waals surface area contributed by atoms with Crippen LogP contribution in [0.4, 0.5) is 0 Å². The van der Waals surface area contributed by atoms with Gasteiger partial charge in [-0.1, -0.05) is 30.3 Å². The lowest BCUT2D eigenvalue weighted by atomic mass is 9.93. The second-order valence-corrected chi connectivity index (χ2v) is 5.82. The van der Waals surface area contributed by atoms with Gasteiger partial charge in [-0.3, -0.25) is 4.79 Å². The van der Waals surface area contributed by atoms with E-state index in [1.165, 1.54) is 4.80 Å². The smallest absolute Gasteiger partial charge is 0.244 e. The number of amides is 1. The summed E-state index contributed by atoms with van der Waals surface area (Å²) in [5.74, 6) is 1.35. The van der Waals surface area contributed by atoms with Crippen LogP contribution in [0.3, 0.4) is 0 Å². The van der Waals surface area contributed by atoms with Crippen LogP contribution in [0, 0.1) is 0 Å². The molecule has 0 spiro atoms. The van der Waals surface area contributed by atoms with Crippen LogP contribution in [0.25, 0.3) is 11.4 Å². The third-order valence-corrected chi connectivity index (χ3v) is 4.16. The average Bonchev–Trinajstić information content (AvgIpc) is 3.25. The number of furan rings is 1. The highest BCUT2D eigenvalue weighted by atomic mass is 16.3. The lowest BCUT2D eigenvalue weighted by molar-refractivity contribution is -0.123. The predicted octanol–water partition coefficient (Wildman–Crippen LogP) is 2.13. The van der Waals surface area contributed by atoms with Gasteiger partial charge in [0.25, 0.3) is 0 Å². The van der Waals surface area contributed by atoms with E-state index in [9.17, 15) is 4.79 Å². The third kappa shape index (κ3) is 2.92. The van der Waals surface area contributed by atoms with Crippen LogP contribution in [-0.4, -0.2) is 26.1 Å². The number of nitrogens with zero attached hydrogens (tertiary/aromatic N) is 4. The molecule has 1 aromatic carbocycles. The molecule has 0 bridgehead atoms. The number of hydrogen-bond donors (Lipinski definition) is 1. The maximum atomic E-state index is 12.3. The summed E-state index contributed by atoms with van der Waals surface area (Å²) >= 11 is 0. The zero-order valence-corrected chi connectivity index (χ0v) is 13.1. The highest BCUT2D eigenvalue weighted by molar-refractivity contribution is 5.76. The number of aromatic nitrogens is 4. The van der Waals surface area contributed by atoms with Gasteiger partial charge in [0.1, 0.15) is 12.3 Å². The van der Waals surface area contributed by atoms with Gasteiger partial charge in [0.15, 0.2) is 0 Å². The molecule has 1 unspecified atom stereocenters. The predicted molar refractivity (Wildman–Crippen MR) is 85.8 cm³/mol. The van der Waals surface area contributed by atoms with E-state index in [2.05, 4.69) is 20.7 Å². The van der Waals surface area contributed by atoms with E-state index < -0.39 is 0 Å². The van der Waals surface area contributed by atoms with Crippen molar-refractivity contribution in [3.8, 4) is 11.4 Å². The van der Waals surface area contributed by atoms with Gasteiger partial charge in [0.05, 0.1) is 12.3 Å². The molecule has 1 aliphatic carbocycles. The van der Waals surface area contributed by atoms with Crippen LogP contribution in [0.15, 0.2) is 47.1 Å². The Morgan fingerprint density at radius 2 is 2.17 bits per heavy atom. The normalized spacial score (nSPS) is 16.6. The standard InChI is InChI=1S/C17H17N5O2/c23-16(18-14-7-4-8-15-13(14)9-10-24-15)11-22-20-17(19-21-22)12-5-2-1-3-6-12/h1-3,5-6,9-10,14H,4,7-8,11H2,(H,18,23). The Hall–Kier alpha value is -2.96. The summed E-state index contributed by atoms with van der Waals surface area (Å²) in [7, 11) is 0. The summed E-state index contributed by atoms with van der Waals surface area (Å²) < 4.78 is 5.45. The molecule has 1 aliphatic rings. The summed E-state index contributed by atoms with van der Waals surface area (Å²) in [5.41, 5.74) is 1.95. The van der Waals surface area contributed by atoms with Crippen molar-refractivity contribution >= 4 is 5.91 Å². The van der Waals surface area contributed by atoms with Gasteiger partial charge < -0.3 is 9.73 Å². The van der Waals surface area contributed by atoms with E-state index in [1.54, 1.807) is 6.26 Å². The molecule has 2 aromatic heterocycles. The number of hydrogen-bond acceptors (Lipinski definition) is 5. The van der Waals surface area contributed by atoms with E-state index in [4.69, 9.17) is 4.42 Å². The quantitative estimate of drug-likeness (QED) is 0.795. The largest absolute Gasteiger partial charge is 0.469 e. The van der Waals surface area contributed by atoms with Crippen molar-refractivity contribution in [3.63, 3.8) is 0 Å².